The molecular formula is C20H32O3. The molecule has 4 saturated carbocycles. The number of carbonyl (C=O) groups excluding carboxylic acids is 1. The number of aliphatic hydroxyl groups excluding tert-OH is 2. The molecule has 3 heteroatoms. The van der Waals surface area contributed by atoms with Gasteiger partial charge in [0.15, 0.2) is 0 Å². The minimum absolute atomic E-state index is 0.0251. The van der Waals surface area contributed by atoms with Crippen LogP contribution in [0.3, 0.4) is 0 Å². The summed E-state index contributed by atoms with van der Waals surface area (Å²) in [6.45, 7) is 4.60. The van der Waals surface area contributed by atoms with Crippen LogP contribution in [0.4, 0.5) is 0 Å². The van der Waals surface area contributed by atoms with Crippen LogP contribution in [0.5, 0.6) is 0 Å². The van der Waals surface area contributed by atoms with E-state index in [4.69, 9.17) is 0 Å². The molecule has 0 aromatic heterocycles. The van der Waals surface area contributed by atoms with E-state index in [-0.39, 0.29) is 34.9 Å². The summed E-state index contributed by atoms with van der Waals surface area (Å²) < 4.78 is 0. The van der Waals surface area contributed by atoms with Gasteiger partial charge in [0.25, 0.3) is 0 Å². The van der Waals surface area contributed by atoms with Gasteiger partial charge in [-0.3, -0.25) is 0 Å². The van der Waals surface area contributed by atoms with E-state index in [1.807, 2.05) is 0 Å². The number of hydrogen-bond donors (Lipinski definition) is 2. The third kappa shape index (κ3) is 1.99. The van der Waals surface area contributed by atoms with Crippen molar-refractivity contribution in [2.75, 3.05) is 0 Å². The maximum Gasteiger partial charge on any atom is 0.123 e. The van der Waals surface area contributed by atoms with Gasteiger partial charge in [-0.25, -0.2) is 0 Å². The van der Waals surface area contributed by atoms with Crippen molar-refractivity contribution in [2.24, 2.45) is 40.4 Å². The molecule has 0 radical (unpaired) electrons. The zero-order chi connectivity index (χ0) is 16.4. The van der Waals surface area contributed by atoms with Crippen molar-refractivity contribution in [1.82, 2.24) is 0 Å². The molecule has 0 heterocycles. The summed E-state index contributed by atoms with van der Waals surface area (Å²) >= 11 is 0. The Bertz CT molecular complexity index is 491. The van der Waals surface area contributed by atoms with Crippen LogP contribution in [0.2, 0.25) is 0 Å². The van der Waals surface area contributed by atoms with E-state index in [1.54, 1.807) is 0 Å². The van der Waals surface area contributed by atoms with E-state index in [0.29, 0.717) is 17.8 Å². The Hall–Kier alpha value is -0.410. The fourth-order valence-electron chi connectivity index (χ4n) is 7.54. The molecule has 0 aromatic rings. The molecule has 0 aliphatic heterocycles. The summed E-state index contributed by atoms with van der Waals surface area (Å²) in [6, 6.07) is 0. The minimum atomic E-state index is -0.238. The largest absolute Gasteiger partial charge is 0.393 e. The normalized spacial score (nSPS) is 58.9. The molecule has 4 aliphatic carbocycles. The summed E-state index contributed by atoms with van der Waals surface area (Å²) in [7, 11) is 0. The zero-order valence-corrected chi connectivity index (χ0v) is 14.6. The second-order valence-corrected chi connectivity index (χ2v) is 9.47. The number of aliphatic hydroxyl groups is 2. The van der Waals surface area contributed by atoms with E-state index in [1.165, 1.54) is 6.29 Å². The third-order valence-electron chi connectivity index (χ3n) is 8.97. The summed E-state index contributed by atoms with van der Waals surface area (Å²) in [5, 5.41) is 21.8. The zero-order valence-electron chi connectivity index (χ0n) is 14.6. The van der Waals surface area contributed by atoms with Gasteiger partial charge in [-0.2, -0.15) is 0 Å². The summed E-state index contributed by atoms with van der Waals surface area (Å²) in [6.07, 6.45) is 8.98. The van der Waals surface area contributed by atoms with Gasteiger partial charge in [-0.05, 0) is 79.4 Å². The van der Waals surface area contributed by atoms with Crippen LogP contribution in [0.15, 0.2) is 0 Å². The van der Waals surface area contributed by atoms with E-state index < -0.39 is 0 Å². The molecule has 3 nitrogen and oxygen atoms in total. The van der Waals surface area contributed by atoms with Crippen molar-refractivity contribution < 1.29 is 15.0 Å². The smallest absolute Gasteiger partial charge is 0.123 e. The number of fused-ring (bicyclic) bond motifs is 5. The lowest BCUT2D eigenvalue weighted by atomic mass is 9.43. The van der Waals surface area contributed by atoms with Gasteiger partial charge >= 0.3 is 0 Å². The number of rotatable bonds is 1. The predicted octanol–water partition coefficient (Wildman–Crippen LogP) is 3.18. The third-order valence-corrected chi connectivity index (χ3v) is 8.97. The average Bonchev–Trinajstić information content (AvgIpc) is 2.86. The number of carbonyl (C=O) groups is 1. The highest BCUT2D eigenvalue weighted by Gasteiger charge is 2.63. The van der Waals surface area contributed by atoms with Gasteiger partial charge in [0, 0.05) is 5.92 Å². The highest BCUT2D eigenvalue weighted by molar-refractivity contribution is 5.56. The van der Waals surface area contributed by atoms with Crippen LogP contribution >= 0.6 is 0 Å². The summed E-state index contributed by atoms with van der Waals surface area (Å²) in [4.78, 5) is 11.5. The predicted molar refractivity (Wildman–Crippen MR) is 88.7 cm³/mol. The minimum Gasteiger partial charge on any atom is -0.393 e. The SMILES string of the molecule is C[C@]12C(O)CCCC1CC(O)[C@@H]1[C@H]2CC[C@]2(C)C(C=O)CC[C@@H]12. The van der Waals surface area contributed by atoms with Gasteiger partial charge in [0.05, 0.1) is 12.2 Å². The van der Waals surface area contributed by atoms with Crippen molar-refractivity contribution in [2.45, 2.75) is 77.4 Å². The van der Waals surface area contributed by atoms with Crippen LogP contribution in [0.1, 0.15) is 65.2 Å². The average molecular weight is 320 g/mol. The highest BCUT2D eigenvalue weighted by atomic mass is 16.3. The molecule has 4 rings (SSSR count). The Kier molecular flexibility index (Phi) is 3.70. The number of aldehydes is 1. The van der Waals surface area contributed by atoms with E-state index in [0.717, 1.165) is 51.4 Å². The molecule has 4 aliphatic rings. The summed E-state index contributed by atoms with van der Waals surface area (Å²) in [5.74, 6) is 1.80. The summed E-state index contributed by atoms with van der Waals surface area (Å²) in [5.41, 5.74) is 0.0510. The molecule has 0 aromatic carbocycles. The van der Waals surface area contributed by atoms with Gasteiger partial charge in [-0.1, -0.05) is 20.3 Å². The quantitative estimate of drug-likeness (QED) is 0.730. The lowest BCUT2D eigenvalue weighted by Crippen LogP contribution is -2.61. The maximum absolute atomic E-state index is 11.5. The van der Waals surface area contributed by atoms with E-state index >= 15 is 0 Å². The molecular weight excluding hydrogens is 288 g/mol. The molecule has 0 spiro atoms. The van der Waals surface area contributed by atoms with E-state index in [2.05, 4.69) is 13.8 Å². The Morgan fingerprint density at radius 2 is 1.78 bits per heavy atom. The standard InChI is InChI=1S/C20H32O3/c1-19-9-8-15-18(14(19)7-6-13(19)11-21)16(22)10-12-4-3-5-17(23)20(12,15)2/h11-18,22-23H,3-10H2,1-2H3/t12?,13?,14-,15+,16?,17?,18-,19+,20-/m0/s1. The van der Waals surface area contributed by atoms with Gasteiger partial charge < -0.3 is 15.0 Å². The molecule has 23 heavy (non-hydrogen) atoms. The van der Waals surface area contributed by atoms with Crippen LogP contribution in [0, 0.1) is 40.4 Å². The lowest BCUT2D eigenvalue weighted by molar-refractivity contribution is -0.198. The molecule has 2 N–H and O–H groups in total. The van der Waals surface area contributed by atoms with Crippen molar-refractivity contribution in [1.29, 1.82) is 0 Å². The first-order valence-electron chi connectivity index (χ1n) is 9.74. The number of hydrogen-bond acceptors (Lipinski definition) is 3. The van der Waals surface area contributed by atoms with Crippen LogP contribution < -0.4 is 0 Å². The van der Waals surface area contributed by atoms with Crippen molar-refractivity contribution in [3.05, 3.63) is 0 Å². The maximum atomic E-state index is 11.5. The molecule has 0 bridgehead atoms. The van der Waals surface area contributed by atoms with Crippen molar-refractivity contribution >= 4 is 6.29 Å². The first kappa shape index (κ1) is 16.1. The van der Waals surface area contributed by atoms with Crippen molar-refractivity contribution in [3.63, 3.8) is 0 Å². The van der Waals surface area contributed by atoms with Gasteiger partial charge in [0.1, 0.15) is 6.29 Å². The Morgan fingerprint density at radius 3 is 2.52 bits per heavy atom. The fourth-order valence-corrected chi connectivity index (χ4v) is 7.54. The second kappa shape index (κ2) is 5.29. The molecule has 4 fully saturated rings. The Labute approximate surface area is 139 Å². The van der Waals surface area contributed by atoms with Crippen LogP contribution in [-0.4, -0.2) is 28.7 Å². The molecule has 0 saturated heterocycles. The van der Waals surface area contributed by atoms with Gasteiger partial charge in [-0.15, -0.1) is 0 Å². The van der Waals surface area contributed by atoms with Crippen LogP contribution in [0.25, 0.3) is 0 Å². The van der Waals surface area contributed by atoms with Crippen LogP contribution in [-0.2, 0) is 4.79 Å². The Morgan fingerprint density at radius 1 is 1.00 bits per heavy atom. The van der Waals surface area contributed by atoms with Crippen molar-refractivity contribution in [3.8, 4) is 0 Å². The highest BCUT2D eigenvalue weighted by Crippen LogP contribution is 2.67. The molecule has 130 valence electrons. The molecule has 4 unspecified atom stereocenters. The van der Waals surface area contributed by atoms with E-state index in [9.17, 15) is 15.0 Å². The monoisotopic (exact) mass is 320 g/mol. The second-order valence-electron chi connectivity index (χ2n) is 9.47. The first-order chi connectivity index (χ1) is 10.9. The fraction of sp³-hybridized carbons (Fsp3) is 0.950. The molecule has 0 amide bonds. The molecule has 9 atom stereocenters. The Balaban J connectivity index is 1.71. The first-order valence-corrected chi connectivity index (χ1v) is 9.74. The lowest BCUT2D eigenvalue weighted by Gasteiger charge is -2.62. The topological polar surface area (TPSA) is 57.5 Å². The van der Waals surface area contributed by atoms with Gasteiger partial charge in [0.2, 0.25) is 0 Å².